The van der Waals surface area contributed by atoms with E-state index in [4.69, 9.17) is 16.3 Å². The first-order valence-electron chi connectivity index (χ1n) is 8.66. The van der Waals surface area contributed by atoms with E-state index in [1.165, 1.54) is 16.9 Å². The number of aryl methyl sites for hydroxylation is 1. The quantitative estimate of drug-likeness (QED) is 0.626. The van der Waals surface area contributed by atoms with Crippen LogP contribution in [0.5, 0.6) is 5.75 Å². The van der Waals surface area contributed by atoms with Crippen molar-refractivity contribution in [2.75, 3.05) is 13.7 Å². The molecular weight excluding hydrogens is 380 g/mol. The molecule has 1 heterocycles. The lowest BCUT2D eigenvalue weighted by Crippen LogP contribution is -2.27. The summed E-state index contributed by atoms with van der Waals surface area (Å²) in [5.74, 6) is 0.802. The van der Waals surface area contributed by atoms with Crippen molar-refractivity contribution in [1.82, 2.24) is 10.3 Å². The molecule has 0 saturated carbocycles. The van der Waals surface area contributed by atoms with Crippen LogP contribution in [0.4, 0.5) is 0 Å². The van der Waals surface area contributed by atoms with Crippen LogP contribution >= 0.6 is 22.9 Å². The van der Waals surface area contributed by atoms with E-state index in [2.05, 4.69) is 16.4 Å². The third-order valence-corrected chi connectivity index (χ3v) is 5.40. The van der Waals surface area contributed by atoms with Crippen LogP contribution in [0.2, 0.25) is 5.02 Å². The molecule has 3 aromatic rings. The number of hydrogen-bond acceptors (Lipinski definition) is 4. The van der Waals surface area contributed by atoms with Crippen molar-refractivity contribution in [3.63, 3.8) is 0 Å². The number of hydrogen-bond donors (Lipinski definition) is 1. The number of thiazole rings is 1. The van der Waals surface area contributed by atoms with Gasteiger partial charge in [-0.05, 0) is 31.0 Å². The maximum Gasteiger partial charge on any atom is 0.226 e. The third-order valence-electron chi connectivity index (χ3n) is 4.15. The van der Waals surface area contributed by atoms with Gasteiger partial charge in [0.2, 0.25) is 5.91 Å². The number of methoxy groups -OCH3 is 1. The summed E-state index contributed by atoms with van der Waals surface area (Å²) in [6.07, 6.45) is 0.977. The maximum atomic E-state index is 12.2. The number of benzene rings is 2. The number of carbonyl (C=O) groups excluding carboxylic acids is 1. The molecular formula is C21H21ClN2O2S. The first kappa shape index (κ1) is 19.4. The SMILES string of the molecule is COc1ccc(C)cc1CCNC(=O)Cc1csc(-c2ccccc2Cl)n1. The highest BCUT2D eigenvalue weighted by molar-refractivity contribution is 7.13. The molecule has 140 valence electrons. The average molecular weight is 401 g/mol. The van der Waals surface area contributed by atoms with Gasteiger partial charge in [-0.15, -0.1) is 11.3 Å². The molecule has 4 nitrogen and oxygen atoms in total. The number of carbonyl (C=O) groups is 1. The molecule has 0 aliphatic rings. The molecule has 0 fully saturated rings. The van der Waals surface area contributed by atoms with Gasteiger partial charge >= 0.3 is 0 Å². The molecule has 1 aromatic heterocycles. The van der Waals surface area contributed by atoms with Gasteiger partial charge in [0.15, 0.2) is 0 Å². The Balaban J connectivity index is 1.55. The van der Waals surface area contributed by atoms with E-state index in [0.29, 0.717) is 11.6 Å². The number of nitrogens with zero attached hydrogens (tertiary/aromatic N) is 1. The molecule has 3 rings (SSSR count). The second-order valence-electron chi connectivity index (χ2n) is 6.22. The number of nitrogens with one attached hydrogen (secondary N) is 1. The fourth-order valence-corrected chi connectivity index (χ4v) is 3.95. The highest BCUT2D eigenvalue weighted by atomic mass is 35.5. The molecule has 0 spiro atoms. The van der Waals surface area contributed by atoms with Crippen LogP contribution < -0.4 is 10.1 Å². The predicted octanol–water partition coefficient (Wildman–Crippen LogP) is 4.68. The number of rotatable bonds is 7. The number of halogens is 1. The molecule has 1 N–H and O–H groups in total. The van der Waals surface area contributed by atoms with E-state index in [1.54, 1.807) is 7.11 Å². The molecule has 0 atom stereocenters. The van der Waals surface area contributed by atoms with Crippen molar-refractivity contribution in [2.24, 2.45) is 0 Å². The standard InChI is InChI=1S/C21H21ClN2O2S/c1-14-7-8-19(26-2)15(11-14)9-10-23-20(25)12-16-13-27-21(24-16)17-5-3-4-6-18(17)22/h3-8,11,13H,9-10,12H2,1-2H3,(H,23,25). The minimum absolute atomic E-state index is 0.0439. The Morgan fingerprint density at radius 3 is 2.85 bits per heavy atom. The van der Waals surface area contributed by atoms with Crippen LogP contribution in [0, 0.1) is 6.92 Å². The highest BCUT2D eigenvalue weighted by Gasteiger charge is 2.11. The Morgan fingerprint density at radius 1 is 1.26 bits per heavy atom. The fraction of sp³-hybridized carbons (Fsp3) is 0.238. The zero-order valence-corrected chi connectivity index (χ0v) is 16.9. The normalized spacial score (nSPS) is 10.6. The minimum atomic E-state index is -0.0439. The summed E-state index contributed by atoms with van der Waals surface area (Å²) >= 11 is 7.71. The minimum Gasteiger partial charge on any atom is -0.496 e. The van der Waals surface area contributed by atoms with Gasteiger partial charge in [0, 0.05) is 17.5 Å². The van der Waals surface area contributed by atoms with Gasteiger partial charge in [-0.25, -0.2) is 4.98 Å². The topological polar surface area (TPSA) is 51.2 Å². The van der Waals surface area contributed by atoms with E-state index >= 15 is 0 Å². The van der Waals surface area contributed by atoms with E-state index in [1.807, 2.05) is 48.7 Å². The molecule has 0 unspecified atom stereocenters. The Morgan fingerprint density at radius 2 is 2.07 bits per heavy atom. The van der Waals surface area contributed by atoms with Crippen molar-refractivity contribution in [3.8, 4) is 16.3 Å². The van der Waals surface area contributed by atoms with Crippen molar-refractivity contribution in [3.05, 3.63) is 69.7 Å². The fourth-order valence-electron chi connectivity index (χ4n) is 2.81. The molecule has 6 heteroatoms. The summed E-state index contributed by atoms with van der Waals surface area (Å²) < 4.78 is 5.38. The second-order valence-corrected chi connectivity index (χ2v) is 7.48. The van der Waals surface area contributed by atoms with Crippen LogP contribution in [-0.2, 0) is 17.6 Å². The maximum absolute atomic E-state index is 12.2. The summed E-state index contributed by atoms with van der Waals surface area (Å²) in [4.78, 5) is 16.8. The number of amides is 1. The Labute approximate surface area is 168 Å². The van der Waals surface area contributed by atoms with Gasteiger partial charge in [0.05, 0.1) is 24.2 Å². The third kappa shape index (κ3) is 5.08. The van der Waals surface area contributed by atoms with Crippen molar-refractivity contribution >= 4 is 28.8 Å². The van der Waals surface area contributed by atoms with Crippen LogP contribution in [-0.4, -0.2) is 24.5 Å². The highest BCUT2D eigenvalue weighted by Crippen LogP contribution is 2.30. The predicted molar refractivity (Wildman–Crippen MR) is 111 cm³/mol. The van der Waals surface area contributed by atoms with Gasteiger partial charge in [0.25, 0.3) is 0 Å². The first-order chi connectivity index (χ1) is 13.1. The number of ether oxygens (including phenoxy) is 1. The van der Waals surface area contributed by atoms with Gasteiger partial charge in [0.1, 0.15) is 10.8 Å². The van der Waals surface area contributed by atoms with Crippen LogP contribution in [0.15, 0.2) is 47.8 Å². The van der Waals surface area contributed by atoms with E-state index in [-0.39, 0.29) is 12.3 Å². The smallest absolute Gasteiger partial charge is 0.226 e. The summed E-state index contributed by atoms with van der Waals surface area (Å²) in [5.41, 5.74) is 3.90. The van der Waals surface area contributed by atoms with E-state index < -0.39 is 0 Å². The monoisotopic (exact) mass is 400 g/mol. The van der Waals surface area contributed by atoms with Gasteiger partial charge < -0.3 is 10.1 Å². The molecule has 0 radical (unpaired) electrons. The second kappa shape index (κ2) is 9.02. The molecule has 0 aliphatic heterocycles. The number of aromatic nitrogens is 1. The Bertz CT molecular complexity index is 939. The van der Waals surface area contributed by atoms with Crippen molar-refractivity contribution in [2.45, 2.75) is 19.8 Å². The van der Waals surface area contributed by atoms with Crippen molar-refractivity contribution < 1.29 is 9.53 Å². The van der Waals surface area contributed by atoms with Crippen molar-refractivity contribution in [1.29, 1.82) is 0 Å². The van der Waals surface area contributed by atoms with Gasteiger partial charge in [-0.3, -0.25) is 4.79 Å². The molecule has 0 aliphatic carbocycles. The summed E-state index contributed by atoms with van der Waals surface area (Å²) in [5, 5.41) is 6.35. The van der Waals surface area contributed by atoms with E-state index in [9.17, 15) is 4.79 Å². The Kier molecular flexibility index (Phi) is 6.48. The molecule has 1 amide bonds. The molecule has 0 bridgehead atoms. The zero-order valence-electron chi connectivity index (χ0n) is 15.3. The average Bonchev–Trinajstić information content (AvgIpc) is 3.10. The zero-order chi connectivity index (χ0) is 19.2. The summed E-state index contributed by atoms with van der Waals surface area (Å²) in [6.45, 7) is 2.60. The van der Waals surface area contributed by atoms with Crippen LogP contribution in [0.3, 0.4) is 0 Å². The Hall–Kier alpha value is -2.37. The molecule has 0 saturated heterocycles. The van der Waals surface area contributed by atoms with Crippen LogP contribution in [0.1, 0.15) is 16.8 Å². The first-order valence-corrected chi connectivity index (χ1v) is 9.92. The molecule has 27 heavy (non-hydrogen) atoms. The van der Waals surface area contributed by atoms with E-state index in [0.717, 1.165) is 34.0 Å². The lowest BCUT2D eigenvalue weighted by Gasteiger charge is -2.10. The largest absolute Gasteiger partial charge is 0.496 e. The summed E-state index contributed by atoms with van der Waals surface area (Å²) in [7, 11) is 1.66. The van der Waals surface area contributed by atoms with Gasteiger partial charge in [-0.1, -0.05) is 47.5 Å². The summed E-state index contributed by atoms with van der Waals surface area (Å²) in [6, 6.07) is 13.6. The lowest BCUT2D eigenvalue weighted by atomic mass is 10.1. The molecule has 2 aromatic carbocycles. The van der Waals surface area contributed by atoms with Gasteiger partial charge in [-0.2, -0.15) is 0 Å². The van der Waals surface area contributed by atoms with Crippen LogP contribution in [0.25, 0.3) is 10.6 Å². The lowest BCUT2D eigenvalue weighted by molar-refractivity contribution is -0.120.